The Morgan fingerprint density at radius 1 is 1.13 bits per heavy atom. The smallest absolute Gasteiger partial charge is 0.311 e. The van der Waals surface area contributed by atoms with Crippen LogP contribution in [0, 0.1) is 17.8 Å². The van der Waals surface area contributed by atoms with E-state index in [1.807, 2.05) is 12.1 Å². The number of rotatable bonds is 4. The molecule has 1 N–H and O–H groups in total. The first-order valence-electron chi connectivity index (χ1n) is 10.9. The number of hydrogen-bond donors (Lipinski definition) is 1. The molecule has 0 aliphatic heterocycles. The van der Waals surface area contributed by atoms with Crippen LogP contribution in [0.2, 0.25) is 0 Å². The van der Waals surface area contributed by atoms with Gasteiger partial charge < -0.3 is 10.1 Å². The molecule has 2 bridgehead atoms. The molecule has 3 fully saturated rings. The van der Waals surface area contributed by atoms with E-state index in [2.05, 4.69) is 59.1 Å². The third kappa shape index (κ3) is 4.29. The zero-order valence-corrected chi connectivity index (χ0v) is 20.1. The molecule has 0 radical (unpaired) electrons. The van der Waals surface area contributed by atoms with Crippen molar-refractivity contribution in [3.63, 3.8) is 0 Å². The van der Waals surface area contributed by atoms with Crippen LogP contribution < -0.4 is 10.9 Å². The van der Waals surface area contributed by atoms with E-state index in [0.29, 0.717) is 16.4 Å². The van der Waals surface area contributed by atoms with Crippen molar-refractivity contribution in [3.05, 3.63) is 51.0 Å². The Bertz CT molecular complexity index is 1020. The first kappa shape index (κ1) is 22.1. The minimum absolute atomic E-state index is 0.0399. The van der Waals surface area contributed by atoms with E-state index in [1.165, 1.54) is 12.7 Å². The average molecular weight is 488 g/mol. The summed E-state index contributed by atoms with van der Waals surface area (Å²) in [5.74, 6) is 0.473. The van der Waals surface area contributed by atoms with Gasteiger partial charge in [0, 0.05) is 17.9 Å². The van der Waals surface area contributed by atoms with Crippen LogP contribution >= 0.6 is 15.9 Å². The highest BCUT2D eigenvalue weighted by molar-refractivity contribution is 9.10. The minimum Gasteiger partial charge on any atom is -0.469 e. The summed E-state index contributed by atoms with van der Waals surface area (Å²) in [7, 11) is 1.44. The molecule has 1 aromatic carbocycles. The van der Waals surface area contributed by atoms with E-state index < -0.39 is 0 Å². The number of nitrogens with one attached hydrogen (secondary N) is 1. The Labute approximate surface area is 191 Å². The second-order valence-electron chi connectivity index (χ2n) is 9.78. The normalized spacial score (nSPS) is 25.3. The molecule has 0 spiro atoms. The number of esters is 1. The highest BCUT2D eigenvalue weighted by atomic mass is 79.9. The highest BCUT2D eigenvalue weighted by Crippen LogP contribution is 2.46. The van der Waals surface area contributed by atoms with E-state index in [0.717, 1.165) is 31.4 Å². The number of anilines is 1. The molecule has 3 saturated carbocycles. The van der Waals surface area contributed by atoms with Crippen LogP contribution in [-0.2, 0) is 14.9 Å². The molecule has 31 heavy (non-hydrogen) atoms. The van der Waals surface area contributed by atoms with Crippen molar-refractivity contribution in [3.8, 4) is 5.69 Å². The molecule has 7 heteroatoms. The zero-order valence-electron chi connectivity index (χ0n) is 18.5. The fourth-order valence-corrected chi connectivity index (χ4v) is 5.54. The van der Waals surface area contributed by atoms with Crippen molar-refractivity contribution in [2.45, 2.75) is 57.9 Å². The maximum atomic E-state index is 13.3. The second-order valence-corrected chi connectivity index (χ2v) is 10.6. The number of nitrogens with zero attached hydrogens (tertiary/aromatic N) is 2. The number of methoxy groups -OCH3 is 1. The van der Waals surface area contributed by atoms with Gasteiger partial charge in [0.25, 0.3) is 5.56 Å². The number of carbonyl (C=O) groups excluding carboxylic acids is 1. The van der Waals surface area contributed by atoms with E-state index in [-0.39, 0.29) is 34.7 Å². The van der Waals surface area contributed by atoms with Gasteiger partial charge >= 0.3 is 5.97 Å². The van der Waals surface area contributed by atoms with E-state index in [9.17, 15) is 9.59 Å². The van der Waals surface area contributed by atoms with E-state index >= 15 is 0 Å². The molecule has 0 amide bonds. The Morgan fingerprint density at radius 3 is 2.32 bits per heavy atom. The zero-order chi connectivity index (χ0) is 22.3. The first-order valence-corrected chi connectivity index (χ1v) is 11.7. The molecule has 1 aromatic heterocycles. The van der Waals surface area contributed by atoms with Crippen LogP contribution in [0.5, 0.6) is 0 Å². The Balaban J connectivity index is 1.68. The van der Waals surface area contributed by atoms with Crippen molar-refractivity contribution in [2.24, 2.45) is 17.8 Å². The van der Waals surface area contributed by atoms with Crippen LogP contribution in [0.1, 0.15) is 52.0 Å². The quantitative estimate of drug-likeness (QED) is 0.633. The molecule has 6 nitrogen and oxygen atoms in total. The molecule has 2 aromatic rings. The predicted molar refractivity (Wildman–Crippen MR) is 125 cm³/mol. The Hall–Kier alpha value is -2.15. The van der Waals surface area contributed by atoms with Crippen molar-refractivity contribution in [1.29, 1.82) is 0 Å². The lowest BCUT2D eigenvalue weighted by atomic mass is 9.61. The van der Waals surface area contributed by atoms with Gasteiger partial charge in [0.15, 0.2) is 5.82 Å². The Morgan fingerprint density at radius 2 is 1.74 bits per heavy atom. The molecule has 1 heterocycles. The molecule has 3 aliphatic carbocycles. The topological polar surface area (TPSA) is 73.2 Å². The summed E-state index contributed by atoms with van der Waals surface area (Å²) in [5.41, 5.74) is 1.80. The Kier molecular flexibility index (Phi) is 5.99. The molecule has 3 aliphatic rings. The summed E-state index contributed by atoms with van der Waals surface area (Å²) < 4.78 is 7.26. The average Bonchev–Trinajstić information content (AvgIpc) is 2.75. The summed E-state index contributed by atoms with van der Waals surface area (Å²) in [6.45, 7) is 6.48. The number of benzene rings is 1. The van der Waals surface area contributed by atoms with Crippen LogP contribution in [0.15, 0.2) is 39.9 Å². The highest BCUT2D eigenvalue weighted by Gasteiger charge is 2.48. The van der Waals surface area contributed by atoms with E-state index in [1.54, 1.807) is 10.8 Å². The van der Waals surface area contributed by atoms with Gasteiger partial charge in [0.05, 0.1) is 13.0 Å². The standard InChI is InChI=1S/C24H30BrN3O3/c1-24(2,3)16-9-11-17(12-10-16)28-13-18(25)26-21(22(28)29)27-20-15-7-5-14(6-8-15)19(20)23(30)31-4/h9-15,19-20H,5-8H2,1-4H3,(H,26,27)/t14?,15?,19-,20-/m0/s1. The van der Waals surface area contributed by atoms with Gasteiger partial charge in [-0.3, -0.25) is 14.2 Å². The third-order valence-electron chi connectivity index (χ3n) is 6.88. The van der Waals surface area contributed by atoms with E-state index in [4.69, 9.17) is 4.74 Å². The van der Waals surface area contributed by atoms with Crippen molar-refractivity contribution >= 4 is 27.7 Å². The van der Waals surface area contributed by atoms with Crippen molar-refractivity contribution in [2.75, 3.05) is 12.4 Å². The van der Waals surface area contributed by atoms with Crippen LogP contribution in [0.4, 0.5) is 5.82 Å². The number of aromatic nitrogens is 2. The van der Waals surface area contributed by atoms with Gasteiger partial charge in [0.2, 0.25) is 0 Å². The maximum absolute atomic E-state index is 13.3. The summed E-state index contributed by atoms with van der Waals surface area (Å²) in [4.78, 5) is 30.3. The fraction of sp³-hybridized carbons (Fsp3) is 0.542. The summed E-state index contributed by atoms with van der Waals surface area (Å²) in [6.07, 6.45) is 5.89. The van der Waals surface area contributed by atoms with Crippen LogP contribution in [0.3, 0.4) is 0 Å². The molecule has 0 unspecified atom stereocenters. The number of carbonyl (C=O) groups is 1. The number of halogens is 1. The van der Waals surface area contributed by atoms with Crippen LogP contribution in [-0.4, -0.2) is 28.7 Å². The molecule has 2 atom stereocenters. The monoisotopic (exact) mass is 487 g/mol. The number of ether oxygens (including phenoxy) is 1. The van der Waals surface area contributed by atoms with Crippen molar-refractivity contribution < 1.29 is 9.53 Å². The third-order valence-corrected chi connectivity index (χ3v) is 7.27. The van der Waals surface area contributed by atoms with Gasteiger partial charge in [-0.2, -0.15) is 0 Å². The van der Waals surface area contributed by atoms with Gasteiger partial charge in [-0.05, 0) is 76.6 Å². The first-order chi connectivity index (χ1) is 14.7. The predicted octanol–water partition coefficient (Wildman–Crippen LogP) is 4.68. The summed E-state index contributed by atoms with van der Waals surface area (Å²) in [5, 5.41) is 3.36. The van der Waals surface area contributed by atoms with Crippen LogP contribution in [0.25, 0.3) is 5.69 Å². The lowest BCUT2D eigenvalue weighted by molar-refractivity contribution is -0.152. The lowest BCUT2D eigenvalue weighted by Crippen LogP contribution is -2.52. The molecule has 5 rings (SSSR count). The largest absolute Gasteiger partial charge is 0.469 e. The van der Waals surface area contributed by atoms with Crippen molar-refractivity contribution in [1.82, 2.24) is 9.55 Å². The van der Waals surface area contributed by atoms with Gasteiger partial charge in [-0.15, -0.1) is 0 Å². The summed E-state index contributed by atoms with van der Waals surface area (Å²) in [6, 6.07) is 7.88. The maximum Gasteiger partial charge on any atom is 0.311 e. The molecule has 166 valence electrons. The number of hydrogen-bond acceptors (Lipinski definition) is 5. The second kappa shape index (κ2) is 8.41. The molecule has 0 saturated heterocycles. The molecular weight excluding hydrogens is 458 g/mol. The van der Waals surface area contributed by atoms with Gasteiger partial charge in [0.1, 0.15) is 4.60 Å². The van der Waals surface area contributed by atoms with Gasteiger partial charge in [-0.25, -0.2) is 4.98 Å². The minimum atomic E-state index is -0.239. The molecular formula is C24H30BrN3O3. The lowest BCUT2D eigenvalue weighted by Gasteiger charge is -2.47. The summed E-state index contributed by atoms with van der Waals surface area (Å²) >= 11 is 3.45. The number of fused-ring (bicyclic) bond motifs is 3. The SMILES string of the molecule is COC(=O)[C@H]1C2CCC(CC2)[C@@H]1Nc1nc(Br)cn(-c2ccc(C(C)(C)C)cc2)c1=O. The fourth-order valence-electron chi connectivity index (χ4n) is 5.16. The van der Waals surface area contributed by atoms with Gasteiger partial charge in [-0.1, -0.05) is 32.9 Å².